The van der Waals surface area contributed by atoms with Gasteiger partial charge >= 0.3 is 12.1 Å². The minimum absolute atomic E-state index is 0.0444. The van der Waals surface area contributed by atoms with Crippen LogP contribution in [0.2, 0.25) is 0 Å². The van der Waals surface area contributed by atoms with Crippen LogP contribution in [0, 0.1) is 5.92 Å². The highest BCUT2D eigenvalue weighted by molar-refractivity contribution is 5.82. The van der Waals surface area contributed by atoms with Crippen LogP contribution in [0.4, 0.5) is 4.79 Å². The number of carboxylic acid groups (broad SMARTS) is 1. The lowest BCUT2D eigenvalue weighted by Gasteiger charge is -2.42. The largest absolute Gasteiger partial charge is 0.481 e. The first-order chi connectivity index (χ1) is 20.4. The van der Waals surface area contributed by atoms with Crippen molar-refractivity contribution >= 4 is 18.0 Å². The van der Waals surface area contributed by atoms with E-state index in [0.717, 1.165) is 28.8 Å². The Hall–Kier alpha value is -4.17. The first-order valence-electron chi connectivity index (χ1n) is 14.8. The molecule has 1 atom stereocenters. The van der Waals surface area contributed by atoms with Crippen LogP contribution in [0.1, 0.15) is 55.2 Å². The Kier molecular flexibility index (Phi) is 9.22. The predicted octanol–water partition coefficient (Wildman–Crippen LogP) is 5.18. The summed E-state index contributed by atoms with van der Waals surface area (Å²) >= 11 is 0. The average molecular weight is 570 g/mol. The van der Waals surface area contributed by atoms with Gasteiger partial charge in [0.05, 0.1) is 17.9 Å². The van der Waals surface area contributed by atoms with Gasteiger partial charge < -0.3 is 20.5 Å². The standard InChI is InChI=1S/C34H39N3O5/c1-2-25(21-35-33(41)42-23-30-28-14-8-6-12-26(28)27-13-7-9-15-29(27)30)32(40)36-34(20-31(38)39)16-18-37(19-17-34)22-24-10-4-3-5-11-24/h3-15,25,30H,2,16-23H2,1H3,(H,35,41)(H,36,40)(H,38,39). The second-order valence-electron chi connectivity index (χ2n) is 11.4. The molecule has 8 nitrogen and oxygen atoms in total. The summed E-state index contributed by atoms with van der Waals surface area (Å²) in [5, 5.41) is 15.5. The highest BCUT2D eigenvalue weighted by Gasteiger charge is 2.39. The van der Waals surface area contributed by atoms with Crippen LogP contribution in [0.5, 0.6) is 0 Å². The van der Waals surface area contributed by atoms with Crippen molar-refractivity contribution in [2.45, 2.75) is 50.6 Å². The van der Waals surface area contributed by atoms with Gasteiger partial charge in [-0.15, -0.1) is 0 Å². The average Bonchev–Trinajstić information content (AvgIpc) is 3.31. The Morgan fingerprint density at radius 1 is 0.929 bits per heavy atom. The van der Waals surface area contributed by atoms with Gasteiger partial charge in [0.2, 0.25) is 5.91 Å². The molecule has 0 radical (unpaired) electrons. The molecule has 2 aliphatic rings. The summed E-state index contributed by atoms with van der Waals surface area (Å²) in [6.07, 6.45) is 0.896. The first kappa shape index (κ1) is 29.3. The zero-order valence-electron chi connectivity index (χ0n) is 24.1. The molecule has 3 N–H and O–H groups in total. The molecule has 1 unspecified atom stereocenters. The number of nitrogens with one attached hydrogen (secondary N) is 2. The number of carboxylic acids is 1. The Morgan fingerprint density at radius 2 is 1.52 bits per heavy atom. The van der Waals surface area contributed by atoms with Crippen LogP contribution < -0.4 is 10.6 Å². The second-order valence-corrected chi connectivity index (χ2v) is 11.4. The van der Waals surface area contributed by atoms with E-state index in [2.05, 4.69) is 51.9 Å². The van der Waals surface area contributed by atoms with E-state index in [4.69, 9.17) is 4.74 Å². The lowest BCUT2D eigenvalue weighted by Crippen LogP contribution is -2.58. The van der Waals surface area contributed by atoms with Crippen molar-refractivity contribution in [1.29, 1.82) is 0 Å². The number of piperidine rings is 1. The van der Waals surface area contributed by atoms with E-state index in [1.165, 1.54) is 5.56 Å². The molecule has 1 aliphatic heterocycles. The maximum atomic E-state index is 13.3. The molecular weight excluding hydrogens is 530 g/mol. The van der Waals surface area contributed by atoms with Crippen molar-refractivity contribution in [1.82, 2.24) is 15.5 Å². The van der Waals surface area contributed by atoms with E-state index in [9.17, 15) is 19.5 Å². The lowest BCUT2D eigenvalue weighted by atomic mass is 9.83. The van der Waals surface area contributed by atoms with Gasteiger partial charge in [0.25, 0.3) is 0 Å². The van der Waals surface area contributed by atoms with E-state index in [0.29, 0.717) is 32.4 Å². The van der Waals surface area contributed by atoms with Crippen molar-refractivity contribution in [3.63, 3.8) is 0 Å². The molecule has 3 aromatic carbocycles. The smallest absolute Gasteiger partial charge is 0.407 e. The molecule has 1 heterocycles. The molecule has 220 valence electrons. The number of fused-ring (bicyclic) bond motifs is 3. The molecule has 2 amide bonds. The Bertz CT molecular complexity index is 1360. The SMILES string of the molecule is CCC(CNC(=O)OCC1c2ccccc2-c2ccccc21)C(=O)NC1(CC(=O)O)CCN(Cc2ccccc2)CC1. The topological polar surface area (TPSA) is 108 Å². The summed E-state index contributed by atoms with van der Waals surface area (Å²) in [5.41, 5.74) is 4.98. The van der Waals surface area contributed by atoms with Crippen LogP contribution >= 0.6 is 0 Å². The molecule has 1 saturated heterocycles. The summed E-state index contributed by atoms with van der Waals surface area (Å²) in [7, 11) is 0. The van der Waals surface area contributed by atoms with E-state index < -0.39 is 23.5 Å². The lowest BCUT2D eigenvalue weighted by molar-refractivity contribution is -0.140. The summed E-state index contributed by atoms with van der Waals surface area (Å²) in [4.78, 5) is 40.1. The van der Waals surface area contributed by atoms with E-state index in [1.807, 2.05) is 49.4 Å². The summed E-state index contributed by atoms with van der Waals surface area (Å²) in [6, 6.07) is 26.5. The molecule has 0 spiro atoms. The fourth-order valence-corrected chi connectivity index (χ4v) is 6.26. The van der Waals surface area contributed by atoms with Gasteiger partial charge in [0.15, 0.2) is 0 Å². The summed E-state index contributed by atoms with van der Waals surface area (Å²) in [5.74, 6) is -1.72. The third-order valence-corrected chi connectivity index (χ3v) is 8.64. The summed E-state index contributed by atoms with van der Waals surface area (Å²) < 4.78 is 5.63. The van der Waals surface area contributed by atoms with Gasteiger partial charge in [-0.1, -0.05) is 85.8 Å². The van der Waals surface area contributed by atoms with Gasteiger partial charge in [0.1, 0.15) is 6.61 Å². The molecule has 3 aromatic rings. The number of amides is 2. The second kappa shape index (κ2) is 13.2. The van der Waals surface area contributed by atoms with Crippen LogP contribution in [-0.2, 0) is 20.9 Å². The van der Waals surface area contributed by atoms with Crippen molar-refractivity contribution in [3.8, 4) is 11.1 Å². The zero-order chi connectivity index (χ0) is 29.5. The van der Waals surface area contributed by atoms with Crippen LogP contribution in [0.25, 0.3) is 11.1 Å². The molecule has 0 saturated carbocycles. The number of carbonyl (C=O) groups excluding carboxylic acids is 2. The van der Waals surface area contributed by atoms with Crippen molar-refractivity contribution < 1.29 is 24.2 Å². The molecular formula is C34H39N3O5. The molecule has 8 heteroatoms. The Balaban J connectivity index is 1.14. The molecule has 1 aliphatic carbocycles. The quantitative estimate of drug-likeness (QED) is 0.294. The van der Waals surface area contributed by atoms with E-state index >= 15 is 0 Å². The van der Waals surface area contributed by atoms with Gasteiger partial charge in [0, 0.05) is 32.1 Å². The molecule has 5 rings (SSSR count). The number of likely N-dealkylation sites (tertiary alicyclic amines) is 1. The highest BCUT2D eigenvalue weighted by Crippen LogP contribution is 2.44. The highest BCUT2D eigenvalue weighted by atomic mass is 16.5. The minimum Gasteiger partial charge on any atom is -0.481 e. The van der Waals surface area contributed by atoms with Gasteiger partial charge in [-0.3, -0.25) is 14.5 Å². The van der Waals surface area contributed by atoms with E-state index in [-0.39, 0.29) is 31.4 Å². The van der Waals surface area contributed by atoms with E-state index in [1.54, 1.807) is 0 Å². The number of nitrogens with zero attached hydrogens (tertiary/aromatic N) is 1. The Labute approximate surface area is 247 Å². The number of benzene rings is 3. The van der Waals surface area contributed by atoms with Crippen LogP contribution in [0.15, 0.2) is 78.9 Å². The zero-order valence-corrected chi connectivity index (χ0v) is 24.1. The fourth-order valence-electron chi connectivity index (χ4n) is 6.26. The van der Waals surface area contributed by atoms with Crippen molar-refractivity contribution in [2.75, 3.05) is 26.2 Å². The van der Waals surface area contributed by atoms with Gasteiger partial charge in [-0.25, -0.2) is 4.79 Å². The normalized spacial score (nSPS) is 16.6. The van der Waals surface area contributed by atoms with Crippen LogP contribution in [0.3, 0.4) is 0 Å². The van der Waals surface area contributed by atoms with Crippen LogP contribution in [-0.4, -0.2) is 59.8 Å². The molecule has 0 bridgehead atoms. The number of hydrogen-bond acceptors (Lipinski definition) is 5. The maximum absolute atomic E-state index is 13.3. The molecule has 0 aromatic heterocycles. The number of carbonyl (C=O) groups is 3. The number of hydrogen-bond donors (Lipinski definition) is 3. The number of rotatable bonds is 11. The maximum Gasteiger partial charge on any atom is 0.407 e. The van der Waals surface area contributed by atoms with Crippen molar-refractivity contribution in [2.24, 2.45) is 5.92 Å². The summed E-state index contributed by atoms with van der Waals surface area (Å²) in [6.45, 7) is 4.37. The van der Waals surface area contributed by atoms with Crippen molar-refractivity contribution in [3.05, 3.63) is 95.6 Å². The third-order valence-electron chi connectivity index (χ3n) is 8.64. The third kappa shape index (κ3) is 6.82. The predicted molar refractivity (Wildman–Crippen MR) is 161 cm³/mol. The Morgan fingerprint density at radius 3 is 2.12 bits per heavy atom. The minimum atomic E-state index is -0.934. The monoisotopic (exact) mass is 569 g/mol. The van der Waals surface area contributed by atoms with Gasteiger partial charge in [-0.05, 0) is 47.1 Å². The molecule has 42 heavy (non-hydrogen) atoms. The number of ether oxygens (including phenoxy) is 1. The number of alkyl carbamates (subject to hydrolysis) is 1. The fraction of sp³-hybridized carbons (Fsp3) is 0.382. The molecule has 1 fully saturated rings. The number of aliphatic carboxylic acids is 1. The van der Waals surface area contributed by atoms with Gasteiger partial charge in [-0.2, -0.15) is 0 Å². The first-order valence-corrected chi connectivity index (χ1v) is 14.8.